The maximum absolute atomic E-state index is 14.1. The first-order valence-corrected chi connectivity index (χ1v) is 8.59. The SMILES string of the molecule is Cc1ccc(F)c(N2CCCC(NC(=O)c3ccc(F)cc3Cl)C2)c1. The van der Waals surface area contributed by atoms with Gasteiger partial charge in [0.2, 0.25) is 0 Å². The largest absolute Gasteiger partial charge is 0.367 e. The molecule has 2 aromatic rings. The summed E-state index contributed by atoms with van der Waals surface area (Å²) in [4.78, 5) is 14.3. The number of hydrogen-bond donors (Lipinski definition) is 1. The molecule has 1 unspecified atom stereocenters. The maximum Gasteiger partial charge on any atom is 0.253 e. The van der Waals surface area contributed by atoms with E-state index in [1.54, 1.807) is 6.07 Å². The molecular formula is C19H19ClF2N2O. The third kappa shape index (κ3) is 4.10. The number of halogens is 3. The summed E-state index contributed by atoms with van der Waals surface area (Å²) >= 11 is 5.94. The molecule has 0 spiro atoms. The number of carbonyl (C=O) groups excluding carboxylic acids is 1. The number of aryl methyl sites for hydroxylation is 1. The van der Waals surface area contributed by atoms with Gasteiger partial charge in [-0.3, -0.25) is 4.79 Å². The predicted octanol–water partition coefficient (Wildman–Crippen LogP) is 4.33. The summed E-state index contributed by atoms with van der Waals surface area (Å²) in [6.45, 7) is 3.18. The number of amides is 1. The lowest BCUT2D eigenvalue weighted by Gasteiger charge is -2.35. The van der Waals surface area contributed by atoms with Crippen molar-refractivity contribution >= 4 is 23.2 Å². The van der Waals surface area contributed by atoms with Crippen LogP contribution in [0.25, 0.3) is 0 Å². The molecule has 3 nitrogen and oxygen atoms in total. The summed E-state index contributed by atoms with van der Waals surface area (Å²) in [6.07, 6.45) is 1.64. The van der Waals surface area contributed by atoms with E-state index in [0.717, 1.165) is 31.0 Å². The third-order valence-electron chi connectivity index (χ3n) is 4.37. The molecule has 3 rings (SSSR count). The van der Waals surface area contributed by atoms with Crippen molar-refractivity contribution in [1.82, 2.24) is 5.32 Å². The van der Waals surface area contributed by atoms with Gasteiger partial charge in [-0.15, -0.1) is 0 Å². The van der Waals surface area contributed by atoms with Crippen molar-refractivity contribution in [3.05, 3.63) is 64.2 Å². The van der Waals surface area contributed by atoms with Gasteiger partial charge in [-0.25, -0.2) is 8.78 Å². The van der Waals surface area contributed by atoms with Gasteiger partial charge in [-0.1, -0.05) is 17.7 Å². The Bertz CT molecular complexity index is 797. The van der Waals surface area contributed by atoms with Crippen LogP contribution in [-0.4, -0.2) is 25.0 Å². The Morgan fingerprint density at radius 1 is 1.24 bits per heavy atom. The molecule has 0 bridgehead atoms. The molecule has 0 aromatic heterocycles. The van der Waals surface area contributed by atoms with Gasteiger partial charge in [-0.2, -0.15) is 0 Å². The van der Waals surface area contributed by atoms with E-state index in [9.17, 15) is 13.6 Å². The molecule has 1 atom stereocenters. The molecule has 0 aliphatic carbocycles. The van der Waals surface area contributed by atoms with Crippen molar-refractivity contribution in [2.45, 2.75) is 25.8 Å². The van der Waals surface area contributed by atoms with Crippen LogP contribution < -0.4 is 10.2 Å². The lowest BCUT2D eigenvalue weighted by atomic mass is 10.0. The number of carbonyl (C=O) groups is 1. The Morgan fingerprint density at radius 3 is 2.80 bits per heavy atom. The molecule has 1 saturated heterocycles. The van der Waals surface area contributed by atoms with Crippen LogP contribution in [-0.2, 0) is 0 Å². The van der Waals surface area contributed by atoms with Crippen molar-refractivity contribution in [1.29, 1.82) is 0 Å². The summed E-state index contributed by atoms with van der Waals surface area (Å²) in [5.74, 6) is -1.10. The topological polar surface area (TPSA) is 32.3 Å². The van der Waals surface area contributed by atoms with Crippen LogP contribution >= 0.6 is 11.6 Å². The number of nitrogens with zero attached hydrogens (tertiary/aromatic N) is 1. The number of anilines is 1. The third-order valence-corrected chi connectivity index (χ3v) is 4.69. The van der Waals surface area contributed by atoms with Gasteiger partial charge in [0, 0.05) is 19.1 Å². The van der Waals surface area contributed by atoms with Gasteiger partial charge < -0.3 is 10.2 Å². The summed E-state index contributed by atoms with van der Waals surface area (Å²) in [5, 5.41) is 3.00. The highest BCUT2D eigenvalue weighted by Gasteiger charge is 2.24. The fraction of sp³-hybridized carbons (Fsp3) is 0.316. The van der Waals surface area contributed by atoms with E-state index in [1.165, 1.54) is 18.2 Å². The lowest BCUT2D eigenvalue weighted by molar-refractivity contribution is 0.0933. The van der Waals surface area contributed by atoms with E-state index in [-0.39, 0.29) is 28.4 Å². The molecule has 1 fully saturated rings. The Labute approximate surface area is 150 Å². The summed E-state index contributed by atoms with van der Waals surface area (Å²) < 4.78 is 27.2. The first-order valence-electron chi connectivity index (χ1n) is 8.21. The van der Waals surface area contributed by atoms with Crippen LogP contribution in [0.4, 0.5) is 14.5 Å². The minimum Gasteiger partial charge on any atom is -0.367 e. The van der Waals surface area contributed by atoms with Gasteiger partial charge in [0.15, 0.2) is 0 Å². The van der Waals surface area contributed by atoms with E-state index in [2.05, 4.69) is 5.32 Å². The first kappa shape index (κ1) is 17.7. The van der Waals surface area contributed by atoms with Crippen LogP contribution in [0.1, 0.15) is 28.8 Å². The zero-order valence-corrected chi connectivity index (χ0v) is 14.6. The van der Waals surface area contributed by atoms with Crippen LogP contribution in [0.2, 0.25) is 5.02 Å². The highest BCUT2D eigenvalue weighted by molar-refractivity contribution is 6.33. The zero-order valence-electron chi connectivity index (χ0n) is 13.9. The Balaban J connectivity index is 1.71. The van der Waals surface area contributed by atoms with E-state index in [4.69, 9.17) is 11.6 Å². The van der Waals surface area contributed by atoms with Crippen molar-refractivity contribution in [2.24, 2.45) is 0 Å². The standard InChI is InChI=1S/C19H19ClF2N2O/c1-12-4-7-17(22)18(9-12)24-8-2-3-14(11-24)23-19(25)15-6-5-13(21)10-16(15)20/h4-7,9-10,14H,2-3,8,11H2,1H3,(H,23,25). The van der Waals surface area contributed by atoms with Crippen LogP contribution in [0.3, 0.4) is 0 Å². The normalized spacial score (nSPS) is 17.4. The fourth-order valence-electron chi connectivity index (χ4n) is 3.12. The van der Waals surface area contributed by atoms with Crippen LogP contribution in [0.5, 0.6) is 0 Å². The zero-order chi connectivity index (χ0) is 18.0. The smallest absolute Gasteiger partial charge is 0.253 e. The van der Waals surface area contributed by atoms with E-state index in [1.807, 2.05) is 17.9 Å². The molecule has 1 N–H and O–H groups in total. The van der Waals surface area contributed by atoms with Crippen molar-refractivity contribution in [3.8, 4) is 0 Å². The number of rotatable bonds is 3. The van der Waals surface area contributed by atoms with Crippen molar-refractivity contribution in [2.75, 3.05) is 18.0 Å². The average molecular weight is 365 g/mol. The second-order valence-electron chi connectivity index (χ2n) is 6.34. The van der Waals surface area contributed by atoms with Crippen molar-refractivity contribution < 1.29 is 13.6 Å². The van der Waals surface area contributed by atoms with Crippen LogP contribution in [0.15, 0.2) is 36.4 Å². The fourth-order valence-corrected chi connectivity index (χ4v) is 3.37. The second-order valence-corrected chi connectivity index (χ2v) is 6.74. The molecule has 1 heterocycles. The van der Waals surface area contributed by atoms with Gasteiger partial charge in [0.1, 0.15) is 11.6 Å². The molecule has 1 aliphatic rings. The molecule has 132 valence electrons. The second kappa shape index (κ2) is 7.40. The average Bonchev–Trinajstić information content (AvgIpc) is 2.57. The van der Waals surface area contributed by atoms with E-state index in [0.29, 0.717) is 12.2 Å². The molecule has 0 radical (unpaired) electrons. The van der Waals surface area contributed by atoms with E-state index < -0.39 is 5.82 Å². The summed E-state index contributed by atoms with van der Waals surface area (Å²) in [5.41, 5.74) is 1.78. The monoisotopic (exact) mass is 364 g/mol. The summed E-state index contributed by atoms with van der Waals surface area (Å²) in [7, 11) is 0. The molecule has 1 amide bonds. The van der Waals surface area contributed by atoms with Gasteiger partial charge in [0.25, 0.3) is 5.91 Å². The number of nitrogens with one attached hydrogen (secondary N) is 1. The minimum absolute atomic E-state index is 0.0786. The number of benzene rings is 2. The summed E-state index contributed by atoms with van der Waals surface area (Å²) in [6, 6.07) is 8.58. The van der Waals surface area contributed by atoms with E-state index >= 15 is 0 Å². The molecular weight excluding hydrogens is 346 g/mol. The molecule has 2 aromatic carbocycles. The Kier molecular flexibility index (Phi) is 5.23. The molecule has 0 saturated carbocycles. The molecule has 25 heavy (non-hydrogen) atoms. The highest BCUT2D eigenvalue weighted by atomic mass is 35.5. The minimum atomic E-state index is -0.486. The van der Waals surface area contributed by atoms with Gasteiger partial charge >= 0.3 is 0 Å². The van der Waals surface area contributed by atoms with Gasteiger partial charge in [0.05, 0.1) is 16.3 Å². The number of hydrogen-bond acceptors (Lipinski definition) is 2. The predicted molar refractivity (Wildman–Crippen MR) is 95.2 cm³/mol. The lowest BCUT2D eigenvalue weighted by Crippen LogP contribution is -2.48. The molecule has 1 aliphatic heterocycles. The quantitative estimate of drug-likeness (QED) is 0.879. The molecule has 6 heteroatoms. The van der Waals surface area contributed by atoms with Gasteiger partial charge in [-0.05, 0) is 55.7 Å². The maximum atomic E-state index is 14.1. The van der Waals surface area contributed by atoms with Crippen LogP contribution in [0, 0.1) is 18.6 Å². The Hall–Kier alpha value is -2.14. The number of piperidine rings is 1. The first-order chi connectivity index (χ1) is 11.9. The Morgan fingerprint density at radius 2 is 2.04 bits per heavy atom. The highest BCUT2D eigenvalue weighted by Crippen LogP contribution is 2.25. The van der Waals surface area contributed by atoms with Crippen molar-refractivity contribution in [3.63, 3.8) is 0 Å².